The van der Waals surface area contributed by atoms with Crippen LogP contribution >= 0.6 is 0 Å². The average molecular weight is 646 g/mol. The molecule has 4 aromatic rings. The summed E-state index contributed by atoms with van der Waals surface area (Å²) in [6, 6.07) is 22.8. The van der Waals surface area contributed by atoms with Gasteiger partial charge in [-0.15, -0.1) is 0 Å². The molecule has 1 unspecified atom stereocenters. The maximum atomic E-state index is 13.3. The highest BCUT2D eigenvalue weighted by molar-refractivity contribution is 6.25. The molecule has 0 radical (unpaired) electrons. The molecular weight excluding hydrogens is 610 g/mol. The number of amides is 6. The van der Waals surface area contributed by atoms with Crippen molar-refractivity contribution in [3.63, 3.8) is 0 Å². The molecule has 1 saturated heterocycles. The molecule has 2 aliphatic heterocycles. The number of piperidine rings is 1. The Morgan fingerprint density at radius 3 is 2.52 bits per heavy atom. The number of imide groups is 2. The highest BCUT2D eigenvalue weighted by atomic mass is 16.2. The van der Waals surface area contributed by atoms with Crippen LogP contribution in [-0.4, -0.2) is 52.9 Å². The third-order valence-electron chi connectivity index (χ3n) is 8.77. The van der Waals surface area contributed by atoms with Crippen molar-refractivity contribution in [1.82, 2.24) is 15.5 Å². The Morgan fingerprint density at radius 1 is 0.938 bits per heavy atom. The molecule has 11 heteroatoms. The van der Waals surface area contributed by atoms with E-state index in [9.17, 15) is 28.8 Å². The molecule has 0 aliphatic carbocycles. The third kappa shape index (κ3) is 6.39. The molecule has 2 heterocycles. The van der Waals surface area contributed by atoms with Crippen LogP contribution in [0.1, 0.15) is 80.8 Å². The maximum Gasteiger partial charge on any atom is 0.264 e. The van der Waals surface area contributed by atoms with Crippen molar-refractivity contribution < 1.29 is 28.8 Å². The van der Waals surface area contributed by atoms with E-state index in [1.54, 1.807) is 30.3 Å². The summed E-state index contributed by atoms with van der Waals surface area (Å²) >= 11 is 0. The smallest absolute Gasteiger partial charge is 0.264 e. The topological polar surface area (TPSA) is 154 Å². The van der Waals surface area contributed by atoms with Crippen LogP contribution in [0.3, 0.4) is 0 Å². The predicted octanol–water partition coefficient (Wildman–Crippen LogP) is 4.87. The molecule has 11 nitrogen and oxygen atoms in total. The van der Waals surface area contributed by atoms with Crippen molar-refractivity contribution in [2.75, 3.05) is 17.2 Å². The Morgan fingerprint density at radius 2 is 1.71 bits per heavy atom. The molecule has 0 spiro atoms. The van der Waals surface area contributed by atoms with E-state index in [2.05, 4.69) is 21.3 Å². The van der Waals surface area contributed by atoms with Gasteiger partial charge in [-0.05, 0) is 72.9 Å². The minimum absolute atomic E-state index is 0.0409. The van der Waals surface area contributed by atoms with Crippen molar-refractivity contribution in [2.24, 2.45) is 0 Å². The van der Waals surface area contributed by atoms with Gasteiger partial charge in [-0.1, -0.05) is 54.6 Å². The summed E-state index contributed by atoms with van der Waals surface area (Å²) in [6.45, 7) is 4.12. The number of nitrogens with zero attached hydrogens (tertiary/aromatic N) is 1. The van der Waals surface area contributed by atoms with Gasteiger partial charge < -0.3 is 16.0 Å². The van der Waals surface area contributed by atoms with Gasteiger partial charge in [0, 0.05) is 36.3 Å². The van der Waals surface area contributed by atoms with Gasteiger partial charge in [0.1, 0.15) is 6.04 Å². The Hall–Kier alpha value is -5.84. The van der Waals surface area contributed by atoms with E-state index in [4.69, 9.17) is 0 Å². The molecule has 4 aromatic carbocycles. The van der Waals surface area contributed by atoms with Crippen LogP contribution in [-0.2, 0) is 14.4 Å². The number of hydrogen-bond donors (Lipinski definition) is 4. The monoisotopic (exact) mass is 645 g/mol. The molecule has 244 valence electrons. The standard InChI is InChI=1S/C37H35N5O6/c1-21-15-16-24(20-28(21)34(45)39-22(2)25-11-5-9-23-8-3-4-10-26(23)25)40-31(43)14-7-19-38-29-13-6-12-27-33(29)37(48)42(36(27)47)30-17-18-32(44)41-35(30)46/h3-6,8-13,15-16,20,22,30,38H,7,14,17-19H2,1-2H3,(H,39,45)(H,40,43)(H,41,44,46)/t22-,30?/m0/s1. The first-order valence-corrected chi connectivity index (χ1v) is 15.9. The molecule has 48 heavy (non-hydrogen) atoms. The number of fused-ring (bicyclic) bond motifs is 2. The van der Waals surface area contributed by atoms with Crippen molar-refractivity contribution >= 4 is 57.6 Å². The number of anilines is 2. The fourth-order valence-corrected chi connectivity index (χ4v) is 6.28. The van der Waals surface area contributed by atoms with E-state index in [0.29, 0.717) is 29.9 Å². The largest absolute Gasteiger partial charge is 0.384 e. The number of benzene rings is 4. The van der Waals surface area contributed by atoms with Gasteiger partial charge in [-0.3, -0.25) is 39.0 Å². The van der Waals surface area contributed by atoms with Gasteiger partial charge >= 0.3 is 0 Å². The molecule has 2 aliphatic rings. The molecule has 0 bridgehead atoms. The first-order chi connectivity index (χ1) is 23.1. The van der Waals surface area contributed by atoms with Crippen LogP contribution < -0.4 is 21.3 Å². The Labute approximate surface area is 277 Å². The zero-order valence-electron chi connectivity index (χ0n) is 26.6. The normalized spacial score (nSPS) is 16.4. The lowest BCUT2D eigenvalue weighted by molar-refractivity contribution is -0.136. The van der Waals surface area contributed by atoms with Crippen LogP contribution in [0.5, 0.6) is 0 Å². The molecule has 4 N–H and O–H groups in total. The second-order valence-corrected chi connectivity index (χ2v) is 12.0. The van der Waals surface area contributed by atoms with Crippen LogP contribution in [0.4, 0.5) is 11.4 Å². The lowest BCUT2D eigenvalue weighted by Gasteiger charge is -2.27. The van der Waals surface area contributed by atoms with Crippen LogP contribution in [0.15, 0.2) is 78.9 Å². The summed E-state index contributed by atoms with van der Waals surface area (Å²) in [5.41, 5.74) is 3.52. The van der Waals surface area contributed by atoms with Crippen molar-refractivity contribution in [3.05, 3.63) is 107 Å². The molecule has 0 aromatic heterocycles. The number of nitrogens with one attached hydrogen (secondary N) is 4. The summed E-state index contributed by atoms with van der Waals surface area (Å²) < 4.78 is 0. The van der Waals surface area contributed by atoms with Gasteiger partial charge in [0.15, 0.2) is 0 Å². The van der Waals surface area contributed by atoms with Gasteiger partial charge in [0.05, 0.1) is 17.2 Å². The van der Waals surface area contributed by atoms with E-state index >= 15 is 0 Å². The fourth-order valence-electron chi connectivity index (χ4n) is 6.28. The minimum atomic E-state index is -1.05. The molecule has 0 saturated carbocycles. The molecule has 2 atom stereocenters. The minimum Gasteiger partial charge on any atom is -0.384 e. The summed E-state index contributed by atoms with van der Waals surface area (Å²) in [5.74, 6) is -2.77. The number of rotatable bonds is 10. The second-order valence-electron chi connectivity index (χ2n) is 12.0. The Bertz CT molecular complexity index is 1980. The van der Waals surface area contributed by atoms with Crippen molar-refractivity contribution in [1.29, 1.82) is 0 Å². The highest BCUT2D eigenvalue weighted by Gasteiger charge is 2.45. The number of carbonyl (C=O) groups is 6. The number of aryl methyl sites for hydroxylation is 1. The predicted molar refractivity (Wildman–Crippen MR) is 180 cm³/mol. The summed E-state index contributed by atoms with van der Waals surface area (Å²) in [6.07, 6.45) is 0.686. The van der Waals surface area contributed by atoms with Crippen LogP contribution in [0.25, 0.3) is 10.8 Å². The van der Waals surface area contributed by atoms with E-state index in [1.165, 1.54) is 6.07 Å². The SMILES string of the molecule is Cc1ccc(NC(=O)CCCNc2cccc3c2C(=O)N(C2CCC(=O)NC2=O)C3=O)cc1C(=O)N[C@@H](C)c1cccc2ccccc12. The lowest BCUT2D eigenvalue weighted by atomic mass is 9.99. The Balaban J connectivity index is 1.04. The number of carbonyl (C=O) groups excluding carboxylic acids is 6. The van der Waals surface area contributed by atoms with Crippen molar-refractivity contribution in [3.8, 4) is 0 Å². The highest BCUT2D eigenvalue weighted by Crippen LogP contribution is 2.32. The fraction of sp³-hybridized carbons (Fsp3) is 0.243. The summed E-state index contributed by atoms with van der Waals surface area (Å²) in [7, 11) is 0. The molecule has 6 rings (SSSR count). The second kappa shape index (κ2) is 13.5. The summed E-state index contributed by atoms with van der Waals surface area (Å²) in [4.78, 5) is 77.4. The molecule has 1 fully saturated rings. The van der Waals surface area contributed by atoms with E-state index in [-0.39, 0.29) is 48.2 Å². The zero-order valence-corrected chi connectivity index (χ0v) is 26.6. The van der Waals surface area contributed by atoms with E-state index in [1.807, 2.05) is 56.3 Å². The van der Waals surface area contributed by atoms with Gasteiger partial charge in [0.2, 0.25) is 17.7 Å². The van der Waals surface area contributed by atoms with Gasteiger partial charge in [0.25, 0.3) is 17.7 Å². The lowest BCUT2D eigenvalue weighted by Crippen LogP contribution is -2.54. The third-order valence-corrected chi connectivity index (χ3v) is 8.77. The Kier molecular flexibility index (Phi) is 9.02. The number of hydrogen-bond acceptors (Lipinski definition) is 7. The summed E-state index contributed by atoms with van der Waals surface area (Å²) in [5, 5.41) is 13.5. The van der Waals surface area contributed by atoms with Gasteiger partial charge in [-0.2, -0.15) is 0 Å². The van der Waals surface area contributed by atoms with E-state index in [0.717, 1.165) is 26.8 Å². The van der Waals surface area contributed by atoms with Gasteiger partial charge in [-0.25, -0.2) is 0 Å². The zero-order chi connectivity index (χ0) is 33.9. The first-order valence-electron chi connectivity index (χ1n) is 15.9. The first kappa shape index (κ1) is 32.1. The molecule has 6 amide bonds. The quantitative estimate of drug-likeness (QED) is 0.142. The van der Waals surface area contributed by atoms with Crippen LogP contribution in [0.2, 0.25) is 0 Å². The average Bonchev–Trinajstić information content (AvgIpc) is 3.33. The van der Waals surface area contributed by atoms with Crippen LogP contribution in [0, 0.1) is 6.92 Å². The van der Waals surface area contributed by atoms with Crippen molar-refractivity contribution in [2.45, 2.75) is 51.6 Å². The maximum absolute atomic E-state index is 13.3. The molecular formula is C37H35N5O6. The van der Waals surface area contributed by atoms with E-state index < -0.39 is 29.7 Å².